The number of amides is 1. The van der Waals surface area contributed by atoms with E-state index in [1.54, 1.807) is 6.07 Å². The molecule has 2 aromatic rings. The number of carbonyl (C=O) groups excluding carboxylic acids is 1. The van der Waals surface area contributed by atoms with Gasteiger partial charge in [0.15, 0.2) is 5.13 Å². The molecule has 0 bridgehead atoms. The van der Waals surface area contributed by atoms with Gasteiger partial charge in [0, 0.05) is 10.4 Å². The van der Waals surface area contributed by atoms with Gasteiger partial charge in [0.05, 0.1) is 10.2 Å². The Morgan fingerprint density at radius 3 is 2.90 bits per heavy atom. The average molecular weight is 355 g/mol. The second kappa shape index (κ2) is 5.61. The molecule has 0 saturated heterocycles. The first kappa shape index (κ1) is 13.7. The van der Waals surface area contributed by atoms with Crippen molar-refractivity contribution in [2.45, 2.75) is 25.7 Å². The minimum absolute atomic E-state index is 0.291. The molecule has 0 aliphatic heterocycles. The van der Waals surface area contributed by atoms with Crippen LogP contribution >= 0.6 is 27.3 Å². The molecule has 0 fully saturated rings. The number of benzene rings is 1. The second-order valence-corrected chi connectivity index (χ2v) is 6.62. The molecule has 1 aromatic carbocycles. The molecule has 1 aromatic heterocycles. The Morgan fingerprint density at radius 2 is 2.15 bits per heavy atom. The zero-order valence-corrected chi connectivity index (χ0v) is 13.0. The summed E-state index contributed by atoms with van der Waals surface area (Å²) in [6, 6.07) is 4.32. The Kier molecular flexibility index (Phi) is 3.85. The van der Waals surface area contributed by atoms with Crippen LogP contribution in [0, 0.1) is 5.82 Å². The number of nitrogens with one attached hydrogen (secondary N) is 1. The maximum absolute atomic E-state index is 13.4. The molecule has 104 valence electrons. The third-order valence-corrected chi connectivity index (χ3v) is 4.96. The van der Waals surface area contributed by atoms with Gasteiger partial charge in [0.1, 0.15) is 5.82 Å². The molecule has 0 unspecified atom stereocenters. The van der Waals surface area contributed by atoms with Gasteiger partial charge in [0.25, 0.3) is 5.91 Å². The van der Waals surface area contributed by atoms with Crippen molar-refractivity contribution in [1.82, 2.24) is 4.98 Å². The first-order valence-electron chi connectivity index (χ1n) is 6.38. The van der Waals surface area contributed by atoms with Crippen LogP contribution in [0.5, 0.6) is 0 Å². The fraction of sp³-hybridized carbons (Fsp3) is 0.286. The molecule has 1 amide bonds. The minimum Gasteiger partial charge on any atom is -0.298 e. The highest BCUT2D eigenvalue weighted by Gasteiger charge is 2.17. The molecule has 1 heterocycles. The number of halogens is 2. The fourth-order valence-corrected chi connectivity index (χ4v) is 3.50. The summed E-state index contributed by atoms with van der Waals surface area (Å²) < 4.78 is 13.8. The van der Waals surface area contributed by atoms with Gasteiger partial charge < -0.3 is 0 Å². The summed E-state index contributed by atoms with van der Waals surface area (Å²) in [7, 11) is 0. The number of rotatable bonds is 2. The van der Waals surface area contributed by atoms with Gasteiger partial charge in [-0.25, -0.2) is 9.37 Å². The van der Waals surface area contributed by atoms with Gasteiger partial charge >= 0.3 is 0 Å². The molecule has 1 N–H and O–H groups in total. The number of nitrogens with zero attached hydrogens (tertiary/aromatic N) is 1. The molecule has 0 saturated carbocycles. The summed E-state index contributed by atoms with van der Waals surface area (Å²) in [5.74, 6) is -0.779. The highest BCUT2D eigenvalue weighted by atomic mass is 79.9. The van der Waals surface area contributed by atoms with Gasteiger partial charge in [-0.2, -0.15) is 0 Å². The molecule has 1 aliphatic carbocycles. The summed E-state index contributed by atoms with van der Waals surface area (Å²) in [5, 5.41) is 3.35. The van der Waals surface area contributed by atoms with E-state index in [1.807, 2.05) is 0 Å². The predicted molar refractivity (Wildman–Crippen MR) is 80.8 cm³/mol. The lowest BCUT2D eigenvalue weighted by molar-refractivity contribution is 0.102. The number of thiazole rings is 1. The van der Waals surface area contributed by atoms with E-state index in [-0.39, 0.29) is 5.91 Å². The molecule has 1 aliphatic rings. The Morgan fingerprint density at radius 1 is 1.35 bits per heavy atom. The zero-order chi connectivity index (χ0) is 14.1. The third kappa shape index (κ3) is 2.76. The van der Waals surface area contributed by atoms with Crippen LogP contribution in [0.15, 0.2) is 22.7 Å². The number of aromatic nitrogens is 1. The van der Waals surface area contributed by atoms with Crippen LogP contribution in [0.1, 0.15) is 33.8 Å². The molecular formula is C14H12BrFN2OS. The van der Waals surface area contributed by atoms with E-state index < -0.39 is 5.82 Å². The Labute approximate surface area is 128 Å². The summed E-state index contributed by atoms with van der Waals surface area (Å²) in [5.41, 5.74) is 1.39. The maximum Gasteiger partial charge on any atom is 0.257 e. The summed E-state index contributed by atoms with van der Waals surface area (Å²) in [6.07, 6.45) is 4.35. The number of hydrogen-bond acceptors (Lipinski definition) is 3. The van der Waals surface area contributed by atoms with E-state index >= 15 is 0 Å². The highest BCUT2D eigenvalue weighted by molar-refractivity contribution is 9.10. The van der Waals surface area contributed by atoms with E-state index in [0.717, 1.165) is 25.0 Å². The first-order valence-corrected chi connectivity index (χ1v) is 7.99. The van der Waals surface area contributed by atoms with E-state index in [2.05, 4.69) is 26.2 Å². The largest absolute Gasteiger partial charge is 0.298 e. The highest BCUT2D eigenvalue weighted by Crippen LogP contribution is 2.29. The van der Waals surface area contributed by atoms with Gasteiger partial charge in [0.2, 0.25) is 0 Å². The summed E-state index contributed by atoms with van der Waals surface area (Å²) in [6.45, 7) is 0. The van der Waals surface area contributed by atoms with Gasteiger partial charge in [-0.05, 0) is 59.8 Å². The van der Waals surface area contributed by atoms with Crippen LogP contribution in [0.3, 0.4) is 0 Å². The van der Waals surface area contributed by atoms with Crippen molar-refractivity contribution in [1.29, 1.82) is 0 Å². The lowest BCUT2D eigenvalue weighted by Crippen LogP contribution is -2.12. The van der Waals surface area contributed by atoms with E-state index in [9.17, 15) is 9.18 Å². The molecule has 0 atom stereocenters. The van der Waals surface area contributed by atoms with Gasteiger partial charge in [-0.1, -0.05) is 0 Å². The molecule has 20 heavy (non-hydrogen) atoms. The van der Waals surface area contributed by atoms with Crippen molar-refractivity contribution >= 4 is 38.3 Å². The van der Waals surface area contributed by atoms with Crippen LogP contribution in [-0.2, 0) is 12.8 Å². The monoisotopic (exact) mass is 354 g/mol. The molecule has 6 heteroatoms. The normalized spacial score (nSPS) is 13.9. The third-order valence-electron chi connectivity index (χ3n) is 3.25. The quantitative estimate of drug-likeness (QED) is 0.878. The predicted octanol–water partition coefficient (Wildman–Crippen LogP) is 4.18. The smallest absolute Gasteiger partial charge is 0.257 e. The number of fused-ring (bicyclic) bond motifs is 1. The fourth-order valence-electron chi connectivity index (χ4n) is 2.21. The molecule has 0 spiro atoms. The number of anilines is 1. The van der Waals surface area contributed by atoms with Gasteiger partial charge in [-0.3, -0.25) is 10.1 Å². The summed E-state index contributed by atoms with van der Waals surface area (Å²) in [4.78, 5) is 17.8. The van der Waals surface area contributed by atoms with Crippen LogP contribution in [0.2, 0.25) is 0 Å². The molecular weight excluding hydrogens is 343 g/mol. The van der Waals surface area contributed by atoms with Crippen LogP contribution in [0.25, 0.3) is 0 Å². The van der Waals surface area contributed by atoms with E-state index in [0.29, 0.717) is 15.2 Å². The topological polar surface area (TPSA) is 42.0 Å². The number of carbonyl (C=O) groups is 1. The van der Waals surface area contributed by atoms with Crippen molar-refractivity contribution in [3.05, 3.63) is 44.6 Å². The van der Waals surface area contributed by atoms with Crippen LogP contribution in [-0.4, -0.2) is 10.9 Å². The van der Waals surface area contributed by atoms with Crippen LogP contribution < -0.4 is 5.32 Å². The lowest BCUT2D eigenvalue weighted by atomic mass is 10.0. The number of hydrogen-bond donors (Lipinski definition) is 1. The Balaban J connectivity index is 1.78. The van der Waals surface area contributed by atoms with Crippen LogP contribution in [0.4, 0.5) is 9.52 Å². The molecule has 3 rings (SSSR count). The zero-order valence-electron chi connectivity index (χ0n) is 10.6. The van der Waals surface area contributed by atoms with Crippen molar-refractivity contribution in [2.24, 2.45) is 0 Å². The van der Waals surface area contributed by atoms with Crippen molar-refractivity contribution in [3.8, 4) is 0 Å². The first-order chi connectivity index (χ1) is 9.63. The van der Waals surface area contributed by atoms with E-state index in [1.165, 1.54) is 34.8 Å². The lowest BCUT2D eigenvalue weighted by Gasteiger charge is -2.06. The van der Waals surface area contributed by atoms with Crippen molar-refractivity contribution in [3.63, 3.8) is 0 Å². The second-order valence-electron chi connectivity index (χ2n) is 4.68. The number of aryl methyl sites for hydroxylation is 2. The average Bonchev–Trinajstić information content (AvgIpc) is 2.83. The maximum atomic E-state index is 13.4. The molecule has 0 radical (unpaired) electrons. The standard InChI is InChI=1S/C14H12BrFN2OS/c15-9-6-5-8(7-10(9)16)13(19)18-14-17-11-3-1-2-4-12(11)20-14/h5-7H,1-4H2,(H,17,18,19). The van der Waals surface area contributed by atoms with Gasteiger partial charge in [-0.15, -0.1) is 11.3 Å². The van der Waals surface area contributed by atoms with Crippen molar-refractivity contribution < 1.29 is 9.18 Å². The van der Waals surface area contributed by atoms with E-state index in [4.69, 9.17) is 0 Å². The Bertz CT molecular complexity index is 648. The molecule has 3 nitrogen and oxygen atoms in total. The SMILES string of the molecule is O=C(Nc1nc2c(s1)CCCC2)c1ccc(Br)c(F)c1. The minimum atomic E-state index is -0.448. The van der Waals surface area contributed by atoms with Crippen molar-refractivity contribution in [2.75, 3.05) is 5.32 Å². The Hall–Kier alpha value is -1.27. The summed E-state index contributed by atoms with van der Waals surface area (Å²) >= 11 is 4.59.